The second kappa shape index (κ2) is 6.98. The molecule has 1 aliphatic carbocycles. The minimum Gasteiger partial charge on any atom is -0.304 e. The second-order valence-corrected chi connectivity index (χ2v) is 6.80. The zero-order valence-corrected chi connectivity index (χ0v) is 13.9. The highest BCUT2D eigenvalue weighted by Crippen LogP contribution is 2.26. The quantitative estimate of drug-likeness (QED) is 0.787. The van der Waals surface area contributed by atoms with Gasteiger partial charge in [0.05, 0.1) is 0 Å². The summed E-state index contributed by atoms with van der Waals surface area (Å²) in [5, 5.41) is 17.0. The first-order valence-electron chi connectivity index (χ1n) is 8.52. The van der Waals surface area contributed by atoms with E-state index in [1.54, 1.807) is 6.07 Å². The fraction of sp³-hybridized carbons (Fsp3) is 0.588. The molecule has 1 amide bonds. The molecule has 1 saturated carbocycles. The molecule has 6 nitrogen and oxygen atoms in total. The highest BCUT2D eigenvalue weighted by atomic mass is 16.2. The SMILES string of the molecule is CC(C)c1cc(C(=O)Nc2cc(CC3CCCCC3)[nH]n2)n[nH]1. The van der Waals surface area contributed by atoms with Crippen LogP contribution in [0.25, 0.3) is 0 Å². The van der Waals surface area contributed by atoms with Gasteiger partial charge in [0.1, 0.15) is 0 Å². The zero-order valence-electron chi connectivity index (χ0n) is 13.9. The van der Waals surface area contributed by atoms with Crippen molar-refractivity contribution in [3.8, 4) is 0 Å². The fourth-order valence-corrected chi connectivity index (χ4v) is 3.16. The van der Waals surface area contributed by atoms with Gasteiger partial charge in [-0.2, -0.15) is 10.2 Å². The van der Waals surface area contributed by atoms with Gasteiger partial charge < -0.3 is 5.32 Å². The lowest BCUT2D eigenvalue weighted by molar-refractivity contribution is 0.102. The van der Waals surface area contributed by atoms with Crippen LogP contribution in [0.4, 0.5) is 5.82 Å². The Labute approximate surface area is 136 Å². The van der Waals surface area contributed by atoms with Gasteiger partial charge in [-0.15, -0.1) is 0 Å². The zero-order chi connectivity index (χ0) is 16.2. The number of anilines is 1. The van der Waals surface area contributed by atoms with E-state index in [0.717, 1.165) is 23.7 Å². The number of H-pyrrole nitrogens is 2. The molecule has 124 valence electrons. The summed E-state index contributed by atoms with van der Waals surface area (Å²) in [6.45, 7) is 4.11. The largest absolute Gasteiger partial charge is 0.304 e. The van der Waals surface area contributed by atoms with Crippen molar-refractivity contribution in [2.75, 3.05) is 5.32 Å². The van der Waals surface area contributed by atoms with Crippen molar-refractivity contribution in [1.29, 1.82) is 0 Å². The molecule has 6 heteroatoms. The third kappa shape index (κ3) is 4.00. The van der Waals surface area contributed by atoms with E-state index in [0.29, 0.717) is 17.4 Å². The van der Waals surface area contributed by atoms with E-state index in [9.17, 15) is 4.79 Å². The van der Waals surface area contributed by atoms with Crippen molar-refractivity contribution in [2.45, 2.75) is 58.3 Å². The molecule has 0 aromatic carbocycles. The molecule has 0 bridgehead atoms. The van der Waals surface area contributed by atoms with Crippen LogP contribution in [0.3, 0.4) is 0 Å². The number of aromatic amines is 2. The number of carbonyl (C=O) groups excluding carboxylic acids is 1. The van der Waals surface area contributed by atoms with Gasteiger partial charge in [0, 0.05) is 17.5 Å². The van der Waals surface area contributed by atoms with Crippen LogP contribution in [-0.4, -0.2) is 26.3 Å². The first-order chi connectivity index (χ1) is 11.1. The maximum Gasteiger partial charge on any atom is 0.277 e. The number of carbonyl (C=O) groups is 1. The van der Waals surface area contributed by atoms with Crippen molar-refractivity contribution in [2.24, 2.45) is 5.92 Å². The molecule has 1 aliphatic rings. The number of amides is 1. The van der Waals surface area contributed by atoms with Crippen LogP contribution < -0.4 is 5.32 Å². The van der Waals surface area contributed by atoms with E-state index in [1.165, 1.54) is 32.1 Å². The van der Waals surface area contributed by atoms with E-state index < -0.39 is 0 Å². The number of nitrogens with zero attached hydrogens (tertiary/aromatic N) is 2. The van der Waals surface area contributed by atoms with Gasteiger partial charge in [-0.1, -0.05) is 46.0 Å². The Morgan fingerprint density at radius 3 is 2.70 bits per heavy atom. The van der Waals surface area contributed by atoms with Crippen LogP contribution in [0.2, 0.25) is 0 Å². The second-order valence-electron chi connectivity index (χ2n) is 6.80. The Balaban J connectivity index is 1.58. The van der Waals surface area contributed by atoms with Crippen LogP contribution in [0.15, 0.2) is 12.1 Å². The van der Waals surface area contributed by atoms with Crippen LogP contribution in [0.1, 0.15) is 73.7 Å². The average Bonchev–Trinajstić information content (AvgIpc) is 3.18. The Hall–Kier alpha value is -2.11. The van der Waals surface area contributed by atoms with Crippen molar-refractivity contribution < 1.29 is 4.79 Å². The van der Waals surface area contributed by atoms with Gasteiger partial charge in [0.15, 0.2) is 11.5 Å². The molecule has 2 heterocycles. The summed E-state index contributed by atoms with van der Waals surface area (Å²) >= 11 is 0. The molecule has 23 heavy (non-hydrogen) atoms. The molecule has 1 fully saturated rings. The van der Waals surface area contributed by atoms with Gasteiger partial charge in [0.25, 0.3) is 5.91 Å². The summed E-state index contributed by atoms with van der Waals surface area (Å²) in [7, 11) is 0. The number of rotatable bonds is 5. The van der Waals surface area contributed by atoms with Gasteiger partial charge in [0.2, 0.25) is 0 Å². The average molecular weight is 315 g/mol. The molecular weight excluding hydrogens is 290 g/mol. The molecule has 0 saturated heterocycles. The van der Waals surface area contributed by atoms with Crippen molar-refractivity contribution in [3.05, 3.63) is 29.2 Å². The number of aromatic nitrogens is 4. The highest BCUT2D eigenvalue weighted by Gasteiger charge is 2.17. The van der Waals surface area contributed by atoms with E-state index >= 15 is 0 Å². The molecular formula is C17H25N5O. The smallest absolute Gasteiger partial charge is 0.277 e. The third-order valence-corrected chi connectivity index (χ3v) is 4.56. The summed E-state index contributed by atoms with van der Waals surface area (Å²) < 4.78 is 0. The van der Waals surface area contributed by atoms with Gasteiger partial charge in [-0.05, 0) is 24.3 Å². The Morgan fingerprint density at radius 2 is 2.00 bits per heavy atom. The summed E-state index contributed by atoms with van der Waals surface area (Å²) in [6, 6.07) is 3.72. The Bertz CT molecular complexity index is 651. The van der Waals surface area contributed by atoms with Crippen LogP contribution in [0, 0.1) is 5.92 Å². The molecule has 0 aliphatic heterocycles. The third-order valence-electron chi connectivity index (χ3n) is 4.56. The maximum atomic E-state index is 12.2. The predicted octanol–water partition coefficient (Wildman–Crippen LogP) is 3.63. The van der Waals surface area contributed by atoms with Gasteiger partial charge in [-0.25, -0.2) is 0 Å². The first kappa shape index (κ1) is 15.8. The number of hydrogen-bond donors (Lipinski definition) is 3. The topological polar surface area (TPSA) is 86.5 Å². The molecule has 3 rings (SSSR count). The number of nitrogens with one attached hydrogen (secondary N) is 3. The van der Waals surface area contributed by atoms with E-state index in [1.807, 2.05) is 6.07 Å². The summed E-state index contributed by atoms with van der Waals surface area (Å²) in [5.74, 6) is 1.39. The molecule has 3 N–H and O–H groups in total. The lowest BCUT2D eigenvalue weighted by atomic mass is 9.86. The van der Waals surface area contributed by atoms with Gasteiger partial charge in [-0.3, -0.25) is 15.0 Å². The lowest BCUT2D eigenvalue weighted by Gasteiger charge is -2.20. The molecule has 2 aromatic heterocycles. The Morgan fingerprint density at radius 1 is 1.22 bits per heavy atom. The minimum atomic E-state index is -0.233. The Kier molecular flexibility index (Phi) is 4.79. The van der Waals surface area contributed by atoms with E-state index in [4.69, 9.17) is 0 Å². The van der Waals surface area contributed by atoms with Crippen molar-refractivity contribution in [3.63, 3.8) is 0 Å². The first-order valence-corrected chi connectivity index (χ1v) is 8.52. The molecule has 0 radical (unpaired) electrons. The summed E-state index contributed by atoms with van der Waals surface area (Å²) in [6.07, 6.45) is 7.64. The standard InChI is InChI=1S/C17H25N5O/c1-11(2)14-10-15(21-20-14)17(23)18-16-9-13(19-22-16)8-12-6-4-3-5-7-12/h9-12H,3-8H2,1-2H3,(H,20,21)(H2,18,19,22,23). The van der Waals surface area contributed by atoms with E-state index in [-0.39, 0.29) is 5.91 Å². The van der Waals surface area contributed by atoms with Gasteiger partial charge >= 0.3 is 0 Å². The van der Waals surface area contributed by atoms with Crippen LogP contribution >= 0.6 is 0 Å². The summed E-state index contributed by atoms with van der Waals surface area (Å²) in [5.41, 5.74) is 2.44. The fourth-order valence-electron chi connectivity index (χ4n) is 3.16. The highest BCUT2D eigenvalue weighted by molar-refractivity contribution is 6.02. The van der Waals surface area contributed by atoms with Crippen molar-refractivity contribution >= 4 is 11.7 Å². The van der Waals surface area contributed by atoms with Crippen LogP contribution in [-0.2, 0) is 6.42 Å². The molecule has 0 unspecified atom stereocenters. The lowest BCUT2D eigenvalue weighted by Crippen LogP contribution is -2.12. The molecule has 2 aromatic rings. The normalized spacial score (nSPS) is 16.0. The number of hydrogen-bond acceptors (Lipinski definition) is 3. The monoisotopic (exact) mass is 315 g/mol. The predicted molar refractivity (Wildman–Crippen MR) is 89.5 cm³/mol. The van der Waals surface area contributed by atoms with E-state index in [2.05, 4.69) is 39.6 Å². The minimum absolute atomic E-state index is 0.233. The molecule has 0 spiro atoms. The maximum absolute atomic E-state index is 12.2. The van der Waals surface area contributed by atoms with Crippen LogP contribution in [0.5, 0.6) is 0 Å². The summed E-state index contributed by atoms with van der Waals surface area (Å²) in [4.78, 5) is 12.2. The van der Waals surface area contributed by atoms with Crippen molar-refractivity contribution in [1.82, 2.24) is 20.4 Å². The molecule has 0 atom stereocenters.